The maximum Gasteiger partial charge on any atom is 0.480 e. The van der Waals surface area contributed by atoms with Crippen molar-refractivity contribution in [1.82, 2.24) is 24.4 Å². The van der Waals surface area contributed by atoms with Gasteiger partial charge in [-0.1, -0.05) is 0 Å². The van der Waals surface area contributed by atoms with Crippen LogP contribution in [-0.2, 0) is 32.1 Å². The second kappa shape index (κ2) is 12.7. The number of phosphoric ester groups is 1. The number of rotatable bonds is 14. The number of carboxylic acid groups (broad SMARTS) is 1. The highest BCUT2D eigenvalue weighted by Gasteiger charge is 2.50. The molecule has 0 aromatic carbocycles. The normalized spacial score (nSPS) is 26.3. The van der Waals surface area contributed by atoms with Gasteiger partial charge < -0.3 is 51.1 Å². The summed E-state index contributed by atoms with van der Waals surface area (Å²) in [6.45, 7) is 0. The topological polar surface area (TPSA) is 345 Å². The first-order chi connectivity index (χ1) is 18.4. The zero-order valence-corrected chi connectivity index (χ0v) is 23.4. The maximum absolute atomic E-state index is 12.6. The van der Waals surface area contributed by atoms with Crippen molar-refractivity contribution in [3.8, 4) is 0 Å². The van der Waals surface area contributed by atoms with E-state index < -0.39 is 66.0 Å². The number of phosphoric acid groups is 1. The number of fused-ring (bicyclic) bond motifs is 1. The standard InChI is InChI=1S/C15H26N7O14P3S/c16-6(15(25)26)1-2-40-3-7(35-39(32,33)36-38(30,31)21-37(27,28)29)11-9(23)10(24)14(34-11)22-5-20-8-12(17)18-4-19-13(8)22/h4-7,9-11,14,23-24H,1-3,16H2,(H,25,26)(H,32,33)(H2,17,18,19)(H4,21,27,28,29,30,31)/t6?,7-,9-,10+,11+,14?/m0/s1. The first-order valence-corrected chi connectivity index (χ1v) is 16.7. The van der Waals surface area contributed by atoms with Crippen LogP contribution in [0, 0.1) is 0 Å². The van der Waals surface area contributed by atoms with Gasteiger partial charge in [0.1, 0.15) is 42.3 Å². The van der Waals surface area contributed by atoms with Gasteiger partial charge in [0.15, 0.2) is 17.7 Å². The Morgan fingerprint density at radius 3 is 2.48 bits per heavy atom. The SMILES string of the molecule is Nc1ncnc2c1ncn2C1O[C@H]([C@H](CSCCC(N)C(=O)O)OP(=O)(O)OP(=O)(O)NP(=O)(O)O)[C@@H](O)[C@H]1O. The van der Waals surface area contributed by atoms with E-state index in [2.05, 4.69) is 19.3 Å². The van der Waals surface area contributed by atoms with Crippen LogP contribution in [0.4, 0.5) is 5.82 Å². The van der Waals surface area contributed by atoms with E-state index in [1.54, 1.807) is 0 Å². The van der Waals surface area contributed by atoms with Gasteiger partial charge in [-0.15, -0.1) is 4.86 Å². The number of nitrogens with zero attached hydrogens (tertiary/aromatic N) is 4. The van der Waals surface area contributed by atoms with Crippen LogP contribution in [-0.4, -0.2) is 102 Å². The van der Waals surface area contributed by atoms with Gasteiger partial charge in [-0.25, -0.2) is 28.6 Å². The first-order valence-electron chi connectivity index (χ1n) is 10.8. The minimum Gasteiger partial charge on any atom is -0.480 e. The highest BCUT2D eigenvalue weighted by Crippen LogP contribution is 2.62. The number of nitrogens with two attached hydrogens (primary N) is 2. The number of aliphatic carboxylic acids is 1. The molecule has 0 saturated carbocycles. The van der Waals surface area contributed by atoms with Crippen molar-refractivity contribution in [3.05, 3.63) is 12.7 Å². The highest BCUT2D eigenvalue weighted by molar-refractivity contribution is 7.99. The van der Waals surface area contributed by atoms with E-state index in [1.165, 1.54) is 10.9 Å². The van der Waals surface area contributed by atoms with Gasteiger partial charge in [-0.3, -0.25) is 13.9 Å². The molecule has 21 nitrogen and oxygen atoms in total. The second-order valence-corrected chi connectivity index (χ2v) is 14.1. The molecule has 0 bridgehead atoms. The number of thioether (sulfide) groups is 1. The van der Waals surface area contributed by atoms with Crippen LogP contribution in [0.2, 0.25) is 0 Å². The van der Waals surface area contributed by atoms with Crippen molar-refractivity contribution in [2.45, 2.75) is 43.1 Å². The molecule has 0 amide bonds. The van der Waals surface area contributed by atoms with Crippen molar-refractivity contribution in [2.75, 3.05) is 17.2 Å². The summed E-state index contributed by atoms with van der Waals surface area (Å²) in [6.07, 6.45) is -6.05. The molecule has 0 radical (unpaired) electrons. The Hall–Kier alpha value is -1.58. The largest absolute Gasteiger partial charge is 0.480 e. The van der Waals surface area contributed by atoms with Crippen LogP contribution < -0.4 is 16.3 Å². The monoisotopic (exact) mass is 653 g/mol. The zero-order chi connectivity index (χ0) is 30.0. The number of ether oxygens (including phenoxy) is 1. The van der Waals surface area contributed by atoms with E-state index in [0.717, 1.165) is 22.9 Å². The summed E-state index contributed by atoms with van der Waals surface area (Å²) >= 11 is 0.912. The number of carbonyl (C=O) groups is 1. The molecule has 0 aliphatic carbocycles. The summed E-state index contributed by atoms with van der Waals surface area (Å²) < 4.78 is 51.4. The predicted octanol–water partition coefficient (Wildman–Crippen LogP) is -2.15. The summed E-state index contributed by atoms with van der Waals surface area (Å²) in [6, 6.07) is -1.23. The number of aromatic nitrogens is 4. The predicted molar refractivity (Wildman–Crippen MR) is 134 cm³/mol. The number of aliphatic hydroxyl groups excluding tert-OH is 2. The lowest BCUT2D eigenvalue weighted by molar-refractivity contribution is -0.138. The lowest BCUT2D eigenvalue weighted by Gasteiger charge is -2.27. The van der Waals surface area contributed by atoms with Crippen molar-refractivity contribution < 1.29 is 67.0 Å². The smallest absolute Gasteiger partial charge is 0.480 e. The lowest BCUT2D eigenvalue weighted by Crippen LogP contribution is -2.41. The van der Waals surface area contributed by atoms with Gasteiger partial charge in [-0.05, 0) is 12.2 Å². The Balaban J connectivity index is 1.84. The van der Waals surface area contributed by atoms with Crippen LogP contribution in [0.5, 0.6) is 0 Å². The minimum atomic E-state index is -5.64. The molecule has 25 heteroatoms. The van der Waals surface area contributed by atoms with Gasteiger partial charge >= 0.3 is 29.3 Å². The first kappa shape index (κ1) is 32.9. The third-order valence-corrected chi connectivity index (χ3v) is 10.6. The van der Waals surface area contributed by atoms with Gasteiger partial charge in [0.25, 0.3) is 0 Å². The number of hydrogen-bond acceptors (Lipinski definition) is 15. The molecule has 226 valence electrons. The molecule has 12 N–H and O–H groups in total. The average molecular weight is 653 g/mol. The van der Waals surface area contributed by atoms with E-state index in [0.29, 0.717) is 0 Å². The Labute approximate surface area is 228 Å². The molecule has 2 aromatic rings. The molecule has 0 spiro atoms. The van der Waals surface area contributed by atoms with E-state index >= 15 is 0 Å². The van der Waals surface area contributed by atoms with Gasteiger partial charge in [0, 0.05) is 5.75 Å². The number of imidazole rings is 1. The van der Waals surface area contributed by atoms with Crippen LogP contribution in [0.25, 0.3) is 11.2 Å². The van der Waals surface area contributed by atoms with Crippen LogP contribution in [0.15, 0.2) is 12.7 Å². The van der Waals surface area contributed by atoms with Crippen LogP contribution in [0.3, 0.4) is 0 Å². The molecule has 8 atom stereocenters. The van der Waals surface area contributed by atoms with Crippen molar-refractivity contribution in [1.29, 1.82) is 0 Å². The fraction of sp³-hybridized carbons (Fsp3) is 0.600. The summed E-state index contributed by atoms with van der Waals surface area (Å²) in [7, 11) is -16.7. The number of anilines is 1. The molecule has 40 heavy (non-hydrogen) atoms. The Kier molecular flexibility index (Phi) is 10.5. The summed E-state index contributed by atoms with van der Waals surface area (Å²) in [5, 5.41) is 30.4. The Morgan fingerprint density at radius 1 is 1.18 bits per heavy atom. The average Bonchev–Trinajstić information content (AvgIpc) is 3.35. The lowest BCUT2D eigenvalue weighted by atomic mass is 10.1. The molecule has 1 saturated heterocycles. The highest BCUT2D eigenvalue weighted by atomic mass is 32.2. The number of aliphatic hydroxyl groups is 2. The number of nitrogen functional groups attached to an aromatic ring is 1. The third-order valence-electron chi connectivity index (χ3n) is 5.21. The van der Waals surface area contributed by atoms with Crippen LogP contribution >= 0.6 is 35.1 Å². The summed E-state index contributed by atoms with van der Waals surface area (Å²) in [5.41, 5.74) is 11.4. The molecule has 1 aliphatic heterocycles. The van der Waals surface area contributed by atoms with Crippen molar-refractivity contribution in [2.24, 2.45) is 5.73 Å². The van der Waals surface area contributed by atoms with E-state index in [-0.39, 0.29) is 34.9 Å². The molecule has 2 aromatic heterocycles. The molecule has 4 unspecified atom stereocenters. The number of carboxylic acids is 1. The van der Waals surface area contributed by atoms with Crippen molar-refractivity contribution in [3.63, 3.8) is 0 Å². The molecule has 3 rings (SSSR count). The van der Waals surface area contributed by atoms with E-state index in [9.17, 15) is 38.5 Å². The second-order valence-electron chi connectivity index (χ2n) is 8.22. The molecular formula is C15H26N7O14P3S. The fourth-order valence-electron chi connectivity index (χ4n) is 3.51. The third kappa shape index (κ3) is 8.48. The Morgan fingerprint density at radius 2 is 1.85 bits per heavy atom. The fourth-order valence-corrected chi connectivity index (χ4v) is 8.29. The number of hydrogen-bond donors (Lipinski definition) is 10. The van der Waals surface area contributed by atoms with E-state index in [4.69, 9.17) is 35.6 Å². The van der Waals surface area contributed by atoms with Gasteiger partial charge in [0.05, 0.1) is 6.33 Å². The van der Waals surface area contributed by atoms with E-state index in [1.807, 2.05) is 0 Å². The summed E-state index contributed by atoms with van der Waals surface area (Å²) in [4.78, 5) is 60.9. The van der Waals surface area contributed by atoms with Crippen LogP contribution in [0.1, 0.15) is 12.6 Å². The summed E-state index contributed by atoms with van der Waals surface area (Å²) in [5.74, 6) is -1.58. The minimum absolute atomic E-state index is 0.00114. The maximum atomic E-state index is 12.6. The quantitative estimate of drug-likeness (QED) is 0.0767. The molecule has 3 heterocycles. The zero-order valence-electron chi connectivity index (χ0n) is 19.9. The van der Waals surface area contributed by atoms with Crippen molar-refractivity contribution >= 4 is 58.0 Å². The van der Waals surface area contributed by atoms with Gasteiger partial charge in [0.2, 0.25) is 0 Å². The molecule has 1 fully saturated rings. The Bertz CT molecular complexity index is 1360. The van der Waals surface area contributed by atoms with Gasteiger partial charge in [-0.2, -0.15) is 16.1 Å². The molecule has 1 aliphatic rings. The number of nitrogens with one attached hydrogen (secondary N) is 1. The molecular weight excluding hydrogens is 627 g/mol.